The summed E-state index contributed by atoms with van der Waals surface area (Å²) in [6.45, 7) is 5.26. The number of hydrogen-bond donors (Lipinski definition) is 1. The predicted molar refractivity (Wildman–Crippen MR) is 79.9 cm³/mol. The third-order valence-corrected chi connectivity index (χ3v) is 5.76. The van der Waals surface area contributed by atoms with Gasteiger partial charge in [0.15, 0.2) is 11.6 Å². The second-order valence-electron chi connectivity index (χ2n) is 5.64. The standard InChI is InChI=1S/C14H20FN3O3S/c1-21-14-3-2-12(8-13(14)15)22(19,20)16-9-11-10-17-4-6-18(11)7-5-17/h2-3,8,11,16H,4-7,9-10H2,1H3. The Morgan fingerprint density at radius 1 is 1.32 bits per heavy atom. The fourth-order valence-corrected chi connectivity index (χ4v) is 4.11. The highest BCUT2D eigenvalue weighted by Gasteiger charge is 2.32. The van der Waals surface area contributed by atoms with Crippen molar-refractivity contribution in [3.8, 4) is 5.75 Å². The number of hydrogen-bond acceptors (Lipinski definition) is 5. The van der Waals surface area contributed by atoms with Crippen LogP contribution in [0.5, 0.6) is 5.75 Å². The molecule has 0 aromatic heterocycles. The molecule has 0 radical (unpaired) electrons. The summed E-state index contributed by atoms with van der Waals surface area (Å²) in [5.74, 6) is -0.653. The average molecular weight is 329 g/mol. The molecule has 0 aliphatic carbocycles. The topological polar surface area (TPSA) is 61.9 Å². The van der Waals surface area contributed by atoms with Crippen LogP contribution in [0.25, 0.3) is 0 Å². The number of rotatable bonds is 5. The molecule has 122 valence electrons. The Morgan fingerprint density at radius 3 is 2.59 bits per heavy atom. The maximum Gasteiger partial charge on any atom is 0.240 e. The summed E-state index contributed by atoms with van der Waals surface area (Å²) in [6.07, 6.45) is 0. The van der Waals surface area contributed by atoms with Crippen molar-refractivity contribution < 1.29 is 17.5 Å². The second-order valence-corrected chi connectivity index (χ2v) is 7.41. The number of ether oxygens (including phenoxy) is 1. The fraction of sp³-hybridized carbons (Fsp3) is 0.571. The Labute approximate surface area is 129 Å². The van der Waals surface area contributed by atoms with Crippen LogP contribution in [-0.2, 0) is 10.0 Å². The molecule has 3 aliphatic rings. The van der Waals surface area contributed by atoms with E-state index < -0.39 is 15.8 Å². The van der Waals surface area contributed by atoms with E-state index in [0.29, 0.717) is 6.54 Å². The largest absolute Gasteiger partial charge is 0.494 e. The van der Waals surface area contributed by atoms with Crippen LogP contribution in [-0.4, -0.2) is 70.6 Å². The van der Waals surface area contributed by atoms with Gasteiger partial charge in [-0.3, -0.25) is 9.80 Å². The van der Waals surface area contributed by atoms with Gasteiger partial charge >= 0.3 is 0 Å². The zero-order valence-corrected chi connectivity index (χ0v) is 13.3. The van der Waals surface area contributed by atoms with Gasteiger partial charge in [0, 0.05) is 45.3 Å². The van der Waals surface area contributed by atoms with Crippen molar-refractivity contribution in [3.63, 3.8) is 0 Å². The third kappa shape index (κ3) is 3.10. The number of fused-ring (bicyclic) bond motifs is 3. The highest BCUT2D eigenvalue weighted by atomic mass is 32.2. The quantitative estimate of drug-likeness (QED) is 0.831. The minimum absolute atomic E-state index is 0.0300. The van der Waals surface area contributed by atoms with Crippen molar-refractivity contribution in [2.75, 3.05) is 46.4 Å². The monoisotopic (exact) mass is 329 g/mol. The molecule has 1 aromatic carbocycles. The Kier molecular flexibility index (Phi) is 4.35. The van der Waals surface area contributed by atoms with Gasteiger partial charge in [0.25, 0.3) is 0 Å². The number of nitrogens with zero attached hydrogens (tertiary/aromatic N) is 2. The molecule has 22 heavy (non-hydrogen) atoms. The van der Waals surface area contributed by atoms with Crippen LogP contribution in [0.15, 0.2) is 23.1 Å². The molecule has 3 heterocycles. The third-order valence-electron chi connectivity index (χ3n) is 4.33. The minimum Gasteiger partial charge on any atom is -0.494 e. The van der Waals surface area contributed by atoms with E-state index >= 15 is 0 Å². The zero-order valence-electron chi connectivity index (χ0n) is 12.5. The molecule has 0 amide bonds. The first kappa shape index (κ1) is 15.7. The number of halogens is 1. The predicted octanol–water partition coefficient (Wildman–Crippen LogP) is 0.112. The summed E-state index contributed by atoms with van der Waals surface area (Å²) >= 11 is 0. The normalized spacial score (nSPS) is 27.8. The van der Waals surface area contributed by atoms with Crippen LogP contribution in [0.1, 0.15) is 0 Å². The molecule has 2 bridgehead atoms. The van der Waals surface area contributed by atoms with Crippen LogP contribution in [0.2, 0.25) is 0 Å². The summed E-state index contributed by atoms with van der Waals surface area (Å²) in [6, 6.07) is 3.83. The molecule has 1 atom stereocenters. The Morgan fingerprint density at radius 2 is 2.05 bits per heavy atom. The molecule has 4 rings (SSSR count). The van der Waals surface area contributed by atoms with Crippen LogP contribution >= 0.6 is 0 Å². The molecular formula is C14H20FN3O3S. The van der Waals surface area contributed by atoms with E-state index in [2.05, 4.69) is 14.5 Å². The van der Waals surface area contributed by atoms with Gasteiger partial charge < -0.3 is 4.74 Å². The zero-order chi connectivity index (χ0) is 15.7. The smallest absolute Gasteiger partial charge is 0.240 e. The van der Waals surface area contributed by atoms with E-state index in [1.54, 1.807) is 0 Å². The van der Waals surface area contributed by atoms with E-state index in [-0.39, 0.29) is 16.7 Å². The first-order chi connectivity index (χ1) is 10.5. The van der Waals surface area contributed by atoms with Gasteiger partial charge in [0.2, 0.25) is 10.0 Å². The van der Waals surface area contributed by atoms with E-state index in [9.17, 15) is 12.8 Å². The first-order valence-corrected chi connectivity index (χ1v) is 8.77. The number of sulfonamides is 1. The van der Waals surface area contributed by atoms with Crippen LogP contribution in [0.3, 0.4) is 0 Å². The van der Waals surface area contributed by atoms with E-state index in [1.165, 1.54) is 19.2 Å². The molecule has 1 aromatic rings. The summed E-state index contributed by atoms with van der Waals surface area (Å²) in [4.78, 5) is 4.56. The lowest BCUT2D eigenvalue weighted by atomic mass is 10.1. The Balaban J connectivity index is 1.67. The molecule has 0 saturated carbocycles. The highest BCUT2D eigenvalue weighted by molar-refractivity contribution is 7.89. The van der Waals surface area contributed by atoms with Crippen LogP contribution < -0.4 is 9.46 Å². The number of methoxy groups -OCH3 is 1. The summed E-state index contributed by atoms with van der Waals surface area (Å²) in [5.41, 5.74) is 0. The SMILES string of the molecule is COc1ccc(S(=O)(=O)NCC2CN3CCN2CC3)cc1F. The Bertz CT molecular complexity index is 645. The van der Waals surface area contributed by atoms with Crippen LogP contribution in [0.4, 0.5) is 4.39 Å². The molecule has 1 unspecified atom stereocenters. The molecule has 0 spiro atoms. The molecule has 3 saturated heterocycles. The summed E-state index contributed by atoms with van der Waals surface area (Å²) < 4.78 is 45.6. The summed E-state index contributed by atoms with van der Waals surface area (Å²) in [5, 5.41) is 0. The molecule has 8 heteroatoms. The lowest BCUT2D eigenvalue weighted by Crippen LogP contribution is -2.63. The highest BCUT2D eigenvalue weighted by Crippen LogP contribution is 2.21. The van der Waals surface area contributed by atoms with Gasteiger partial charge in [-0.1, -0.05) is 0 Å². The van der Waals surface area contributed by atoms with E-state index in [0.717, 1.165) is 38.8 Å². The lowest BCUT2D eigenvalue weighted by Gasteiger charge is -2.47. The molecule has 6 nitrogen and oxygen atoms in total. The van der Waals surface area contributed by atoms with Gasteiger partial charge in [0.1, 0.15) is 0 Å². The maximum absolute atomic E-state index is 13.7. The van der Waals surface area contributed by atoms with E-state index in [4.69, 9.17) is 4.74 Å². The van der Waals surface area contributed by atoms with Crippen molar-refractivity contribution in [1.82, 2.24) is 14.5 Å². The Hall–Kier alpha value is -1.22. The average Bonchev–Trinajstić information content (AvgIpc) is 2.54. The minimum atomic E-state index is -3.71. The van der Waals surface area contributed by atoms with Gasteiger partial charge in [0.05, 0.1) is 12.0 Å². The first-order valence-electron chi connectivity index (χ1n) is 7.29. The fourth-order valence-electron chi connectivity index (χ4n) is 3.02. The van der Waals surface area contributed by atoms with Crippen molar-refractivity contribution in [1.29, 1.82) is 0 Å². The second kappa shape index (κ2) is 6.11. The molecule has 1 N–H and O–H groups in total. The van der Waals surface area contributed by atoms with Crippen molar-refractivity contribution in [2.45, 2.75) is 10.9 Å². The van der Waals surface area contributed by atoms with Gasteiger partial charge in [-0.15, -0.1) is 0 Å². The van der Waals surface area contributed by atoms with Gasteiger partial charge in [-0.05, 0) is 18.2 Å². The van der Waals surface area contributed by atoms with Gasteiger partial charge in [-0.2, -0.15) is 0 Å². The molecule has 3 aliphatic heterocycles. The van der Waals surface area contributed by atoms with Crippen molar-refractivity contribution >= 4 is 10.0 Å². The van der Waals surface area contributed by atoms with E-state index in [1.807, 2.05) is 0 Å². The maximum atomic E-state index is 13.7. The van der Waals surface area contributed by atoms with Crippen molar-refractivity contribution in [2.24, 2.45) is 0 Å². The number of nitrogens with one attached hydrogen (secondary N) is 1. The van der Waals surface area contributed by atoms with Crippen molar-refractivity contribution in [3.05, 3.63) is 24.0 Å². The lowest BCUT2D eigenvalue weighted by molar-refractivity contribution is 0.0158. The number of piperazine rings is 3. The molecular weight excluding hydrogens is 309 g/mol. The van der Waals surface area contributed by atoms with Gasteiger partial charge in [-0.25, -0.2) is 17.5 Å². The number of benzene rings is 1. The summed E-state index contributed by atoms with van der Waals surface area (Å²) in [7, 11) is -2.37. The molecule has 3 fully saturated rings. The van der Waals surface area contributed by atoms with Crippen LogP contribution in [0, 0.1) is 5.82 Å².